The third kappa shape index (κ3) is 14.6. The van der Waals surface area contributed by atoms with E-state index in [0.717, 1.165) is 38.6 Å². The Morgan fingerprint density at radius 3 is 0.641 bits per heavy atom. The molecule has 0 saturated heterocycles. The molecule has 0 unspecified atom stereocenters. The summed E-state index contributed by atoms with van der Waals surface area (Å²) in [5.74, 6) is 0. The van der Waals surface area contributed by atoms with Gasteiger partial charge in [-0.05, 0) is 188 Å². The summed E-state index contributed by atoms with van der Waals surface area (Å²) in [5, 5.41) is 8.59. The van der Waals surface area contributed by atoms with E-state index in [2.05, 4.69) is 436 Å². The maximum Gasteiger partial charge on any atom is 0.0541 e. The highest BCUT2D eigenvalue weighted by Gasteiger charge is 2.17. The average Bonchev–Trinajstić information content (AvgIpc) is 1.61. The van der Waals surface area contributed by atoms with E-state index in [4.69, 9.17) is 0 Å². The first kappa shape index (κ1) is 67.4. The minimum atomic E-state index is 0. The number of hydrogen-bond donors (Lipinski definition) is 1. The van der Waals surface area contributed by atoms with Gasteiger partial charge in [-0.3, -0.25) is 0 Å². The van der Waals surface area contributed by atoms with Crippen molar-refractivity contribution in [3.63, 3.8) is 0 Å². The van der Waals surface area contributed by atoms with E-state index in [1.54, 1.807) is 0 Å². The molecule has 0 amide bonds. The van der Waals surface area contributed by atoms with Gasteiger partial charge in [-0.15, -0.1) is 0 Å². The molecule has 18 rings (SSSR count). The molecule has 0 aliphatic heterocycles. The number of fused-ring (bicyclic) bond motifs is 6. The Hall–Kier alpha value is -12.8. The molecule has 0 saturated carbocycles. The maximum atomic E-state index is 3.50. The third-order valence-electron chi connectivity index (χ3n) is 18.8. The zero-order chi connectivity index (χ0) is 67.7. The molecule has 0 aliphatic carbocycles. The lowest BCUT2D eigenvalue weighted by Crippen LogP contribution is -2.09. The number of benzene rings is 16. The summed E-state index contributed by atoms with van der Waals surface area (Å²) < 4.78 is 5.81. The van der Waals surface area contributed by atoms with Crippen LogP contribution in [0.1, 0.15) is 14.9 Å². The van der Waals surface area contributed by atoms with Crippen LogP contribution in [0.4, 0.5) is 28.4 Å². The minimum Gasteiger partial charge on any atom is -0.356 e. The molecule has 0 fully saturated rings. The number of halogens is 1. The second-order valence-electron chi connectivity index (χ2n) is 25.1. The summed E-state index contributed by atoms with van der Waals surface area (Å²) >= 11 is 3.50. The fraction of sp³-hybridized carbons (Fsp3) is 0.0204. The Kier molecular flexibility index (Phi) is 20.4. The molecular weight excluding hydrogens is 1310 g/mol. The van der Waals surface area contributed by atoms with Crippen molar-refractivity contribution in [2.45, 2.75) is 14.9 Å². The van der Waals surface area contributed by atoms with Gasteiger partial charge in [0.05, 0.1) is 22.1 Å². The zero-order valence-corrected chi connectivity index (χ0v) is 57.1. The maximum absolute atomic E-state index is 3.50. The van der Waals surface area contributed by atoms with Crippen LogP contribution < -0.4 is 10.2 Å². The monoisotopic (exact) mass is 1390 g/mol. The van der Waals surface area contributed by atoms with Gasteiger partial charge in [0, 0.05) is 65.8 Å². The van der Waals surface area contributed by atoms with E-state index in [-0.39, 0.29) is 14.9 Å². The first-order valence-corrected chi connectivity index (χ1v) is 35.0. The normalized spacial score (nSPS) is 10.8. The van der Waals surface area contributed by atoms with Gasteiger partial charge >= 0.3 is 0 Å². The number of nitrogens with one attached hydrogen (secondary N) is 1. The van der Waals surface area contributed by atoms with Crippen molar-refractivity contribution < 1.29 is 0 Å². The van der Waals surface area contributed by atoms with E-state index in [0.29, 0.717) is 0 Å². The van der Waals surface area contributed by atoms with Crippen LogP contribution in [0.2, 0.25) is 0 Å². The smallest absolute Gasteiger partial charge is 0.0541 e. The van der Waals surface area contributed by atoms with E-state index < -0.39 is 0 Å². The quantitative estimate of drug-likeness (QED) is 0.124. The first-order valence-electron chi connectivity index (χ1n) is 34.2. The van der Waals surface area contributed by atoms with E-state index >= 15 is 0 Å². The van der Waals surface area contributed by atoms with Crippen molar-refractivity contribution in [1.29, 1.82) is 0 Å². The van der Waals surface area contributed by atoms with Crippen LogP contribution >= 0.6 is 15.9 Å². The number of aromatic nitrogens is 2. The van der Waals surface area contributed by atoms with Gasteiger partial charge in [0.1, 0.15) is 0 Å². The Bertz CT molecular complexity index is 5490. The van der Waals surface area contributed by atoms with Gasteiger partial charge < -0.3 is 19.4 Å². The summed E-state index contributed by atoms with van der Waals surface area (Å²) in [5.41, 5.74) is 27.4. The highest BCUT2D eigenvalue weighted by molar-refractivity contribution is 9.10. The molecule has 5 heteroatoms. The fourth-order valence-electron chi connectivity index (χ4n) is 13.7. The number of rotatable bonds is 13. The third-order valence-corrected chi connectivity index (χ3v) is 19.3. The molecule has 0 atom stereocenters. The zero-order valence-electron chi connectivity index (χ0n) is 55.5. The van der Waals surface area contributed by atoms with Crippen molar-refractivity contribution in [3.05, 3.63) is 417 Å². The summed E-state index contributed by atoms with van der Waals surface area (Å²) in [6.45, 7) is 0. The molecule has 103 heavy (non-hydrogen) atoms. The molecule has 0 radical (unpaired) electrons. The molecule has 18 aromatic rings. The van der Waals surface area contributed by atoms with E-state index in [9.17, 15) is 0 Å². The van der Waals surface area contributed by atoms with Gasteiger partial charge in [-0.1, -0.05) is 322 Å². The van der Waals surface area contributed by atoms with Crippen LogP contribution in [0.3, 0.4) is 0 Å². The van der Waals surface area contributed by atoms with Crippen molar-refractivity contribution in [2.24, 2.45) is 0 Å². The Balaban J connectivity index is 0.000000143. The van der Waals surface area contributed by atoms with Crippen LogP contribution in [0.25, 0.3) is 122 Å². The highest BCUT2D eigenvalue weighted by atomic mass is 79.9. The van der Waals surface area contributed by atoms with Gasteiger partial charge in [-0.2, -0.15) is 0 Å². The fourth-order valence-corrected chi connectivity index (χ4v) is 14.0. The lowest BCUT2D eigenvalue weighted by Gasteiger charge is -2.26. The minimum absolute atomic E-state index is 0. The Morgan fingerprint density at radius 2 is 0.388 bits per heavy atom. The van der Waals surface area contributed by atoms with Gasteiger partial charge in [0.15, 0.2) is 0 Å². The van der Waals surface area contributed by atoms with Crippen LogP contribution in [0.5, 0.6) is 0 Å². The number of anilines is 5. The Morgan fingerprint density at radius 1 is 0.194 bits per heavy atom. The van der Waals surface area contributed by atoms with Gasteiger partial charge in [0.25, 0.3) is 0 Å². The molecule has 0 spiro atoms. The standard InChI is InChI=1S/C48H34N2.C24H16BrN.C24H19N.2CH4/c1-3-11-35(12-4-1)37-19-27-41(28-20-37)49(42-29-21-38(22-30-42)36-13-5-2-6-14-36)43-31-23-39(24-32-43)40-25-33-44(34-26-40)50-47-17-9-7-15-45(47)46-16-8-10-18-48(46)50;25-19-13-9-17(10-14-19)18-11-15-20(16-12-18)26-23-7-3-1-5-21(23)22-6-2-4-8-24(22)26;1-3-7-19(8-4-1)21-11-15-23(16-12-21)25-24-17-13-22(14-18-24)20-9-5-2-6-10-20;;/h1-34H;1-16H;1-18,25H;2*1H4. The van der Waals surface area contributed by atoms with Crippen LogP contribution in [-0.4, -0.2) is 9.13 Å². The predicted molar refractivity (Wildman–Crippen MR) is 446 cm³/mol. The molecule has 496 valence electrons. The summed E-state index contributed by atoms with van der Waals surface area (Å²) in [4.78, 5) is 2.33. The second kappa shape index (κ2) is 31.2. The lowest BCUT2D eigenvalue weighted by atomic mass is 10.0. The SMILES string of the molecule is Brc1ccc(-c2ccc(-n3c4ccccc4c4ccccc43)cc2)cc1.C.C.c1ccc(-c2ccc(N(c3ccc(-c4ccccc4)cc3)c3ccc(-c4ccc(-n5c6ccccc6c6ccccc65)cc4)cc3)cc2)cc1.c1ccc(-c2ccc(Nc3ccc(-c4ccccc4)cc3)cc2)cc1. The molecule has 1 N–H and O–H groups in total. The second-order valence-corrected chi connectivity index (χ2v) is 26.0. The molecule has 2 aromatic heterocycles. The lowest BCUT2D eigenvalue weighted by molar-refractivity contribution is 1.18. The molecule has 0 bridgehead atoms. The molecule has 0 aliphatic rings. The van der Waals surface area contributed by atoms with Gasteiger partial charge in [-0.25, -0.2) is 0 Å². The predicted octanol–water partition coefficient (Wildman–Crippen LogP) is 28.5. The van der Waals surface area contributed by atoms with Crippen LogP contribution in [0, 0.1) is 0 Å². The van der Waals surface area contributed by atoms with E-state index in [1.807, 2.05) is 12.1 Å². The molecule has 16 aromatic carbocycles. The van der Waals surface area contributed by atoms with Crippen molar-refractivity contribution >= 4 is 88.0 Å². The van der Waals surface area contributed by atoms with Crippen molar-refractivity contribution in [1.82, 2.24) is 9.13 Å². The van der Waals surface area contributed by atoms with Crippen molar-refractivity contribution in [2.75, 3.05) is 10.2 Å². The average molecular weight is 1390 g/mol. The molecule has 2 heterocycles. The van der Waals surface area contributed by atoms with Crippen molar-refractivity contribution in [3.8, 4) is 78.1 Å². The molecule has 4 nitrogen and oxygen atoms in total. The topological polar surface area (TPSA) is 25.1 Å². The number of hydrogen-bond acceptors (Lipinski definition) is 2. The summed E-state index contributed by atoms with van der Waals surface area (Å²) in [7, 11) is 0. The van der Waals surface area contributed by atoms with Crippen LogP contribution in [-0.2, 0) is 0 Å². The number of nitrogens with zero attached hydrogens (tertiary/aromatic N) is 3. The largest absolute Gasteiger partial charge is 0.356 e. The summed E-state index contributed by atoms with van der Waals surface area (Å²) in [6, 6.07) is 146. The van der Waals surface area contributed by atoms with Crippen LogP contribution in [0.15, 0.2) is 417 Å². The number of para-hydroxylation sites is 4. The molecular formula is C98H77BrN4. The summed E-state index contributed by atoms with van der Waals surface area (Å²) in [6.07, 6.45) is 0. The first-order chi connectivity index (χ1) is 50.0. The Labute approximate surface area is 613 Å². The van der Waals surface area contributed by atoms with E-state index in [1.165, 1.54) is 116 Å². The highest BCUT2D eigenvalue weighted by Crippen LogP contribution is 2.40. The van der Waals surface area contributed by atoms with Gasteiger partial charge in [0.2, 0.25) is 0 Å².